The van der Waals surface area contributed by atoms with E-state index in [0.29, 0.717) is 34.7 Å². The first-order valence-corrected chi connectivity index (χ1v) is 11.9. The lowest BCUT2D eigenvalue weighted by atomic mass is 10.2. The average Bonchev–Trinajstić information content (AvgIpc) is 2.76. The molecule has 3 rings (SSSR count). The number of benzene rings is 2. The number of hydrogen-bond acceptors (Lipinski definition) is 5. The van der Waals surface area contributed by atoms with E-state index in [1.165, 1.54) is 11.8 Å². The van der Waals surface area contributed by atoms with Gasteiger partial charge in [-0.15, -0.1) is 0 Å². The first-order valence-electron chi connectivity index (χ1n) is 11.1. The van der Waals surface area contributed by atoms with Gasteiger partial charge in [-0.3, -0.25) is 19.1 Å². The molecule has 1 aromatic heterocycles. The van der Waals surface area contributed by atoms with Crippen LogP contribution in [-0.2, 0) is 11.3 Å². The fourth-order valence-electron chi connectivity index (χ4n) is 3.74. The fraction of sp³-hybridized carbons (Fsp3) is 0.400. The van der Waals surface area contributed by atoms with Gasteiger partial charge in [-0.05, 0) is 58.9 Å². The molecule has 0 aliphatic carbocycles. The third kappa shape index (κ3) is 5.78. The first kappa shape index (κ1) is 24.0. The van der Waals surface area contributed by atoms with E-state index < -0.39 is 5.25 Å². The summed E-state index contributed by atoms with van der Waals surface area (Å²) in [5, 5.41) is 3.68. The molecule has 0 unspecified atom stereocenters. The maximum absolute atomic E-state index is 13.3. The number of amides is 1. The van der Waals surface area contributed by atoms with Crippen LogP contribution in [0.25, 0.3) is 10.9 Å². The van der Waals surface area contributed by atoms with Crippen LogP contribution in [0.5, 0.6) is 0 Å². The number of nitrogens with zero attached hydrogens (tertiary/aromatic N) is 3. The number of rotatable bonds is 9. The summed E-state index contributed by atoms with van der Waals surface area (Å²) in [5.74, 6) is -0.124. The number of thioether (sulfide) groups is 1. The molecule has 6 nitrogen and oxygen atoms in total. The molecule has 7 heteroatoms. The molecule has 0 bridgehead atoms. The van der Waals surface area contributed by atoms with Gasteiger partial charge in [-0.25, -0.2) is 4.98 Å². The predicted octanol–water partition coefficient (Wildman–Crippen LogP) is 4.63. The van der Waals surface area contributed by atoms with Gasteiger partial charge in [-0.2, -0.15) is 0 Å². The zero-order valence-electron chi connectivity index (χ0n) is 19.4. The van der Waals surface area contributed by atoms with Crippen LogP contribution in [0.1, 0.15) is 34.6 Å². The van der Waals surface area contributed by atoms with Crippen LogP contribution >= 0.6 is 11.8 Å². The smallest absolute Gasteiger partial charge is 0.262 e. The minimum absolute atomic E-state index is 0.0683. The summed E-state index contributed by atoms with van der Waals surface area (Å²) in [7, 11) is 0. The van der Waals surface area contributed by atoms with Crippen LogP contribution in [0.4, 0.5) is 5.69 Å². The van der Waals surface area contributed by atoms with Crippen molar-refractivity contribution in [1.29, 1.82) is 0 Å². The van der Waals surface area contributed by atoms with E-state index in [-0.39, 0.29) is 11.5 Å². The van der Waals surface area contributed by atoms with Crippen molar-refractivity contribution in [2.45, 2.75) is 63.7 Å². The van der Waals surface area contributed by atoms with Crippen molar-refractivity contribution in [3.63, 3.8) is 0 Å². The van der Waals surface area contributed by atoms with Gasteiger partial charge in [0, 0.05) is 30.9 Å². The highest BCUT2D eigenvalue weighted by Crippen LogP contribution is 2.24. The van der Waals surface area contributed by atoms with Gasteiger partial charge in [0.1, 0.15) is 0 Å². The van der Waals surface area contributed by atoms with Crippen LogP contribution in [0.3, 0.4) is 0 Å². The zero-order chi connectivity index (χ0) is 23.3. The highest BCUT2D eigenvalue weighted by atomic mass is 32.2. The lowest BCUT2D eigenvalue weighted by Crippen LogP contribution is -2.40. The van der Waals surface area contributed by atoms with E-state index in [1.54, 1.807) is 4.57 Å². The molecule has 3 aromatic rings. The topological polar surface area (TPSA) is 67.2 Å². The molecule has 0 saturated carbocycles. The summed E-state index contributed by atoms with van der Waals surface area (Å²) < 4.78 is 1.72. The zero-order valence-corrected chi connectivity index (χ0v) is 20.2. The van der Waals surface area contributed by atoms with Crippen molar-refractivity contribution in [2.24, 2.45) is 0 Å². The van der Waals surface area contributed by atoms with Gasteiger partial charge in [0.2, 0.25) is 5.91 Å². The van der Waals surface area contributed by atoms with Crippen molar-refractivity contribution in [3.05, 3.63) is 65.0 Å². The number of anilines is 1. The second-order valence-electron chi connectivity index (χ2n) is 8.41. The Morgan fingerprint density at radius 1 is 1.00 bits per heavy atom. The summed E-state index contributed by atoms with van der Waals surface area (Å²) in [6, 6.07) is 17.5. The summed E-state index contributed by atoms with van der Waals surface area (Å²) >= 11 is 1.32. The highest BCUT2D eigenvalue weighted by molar-refractivity contribution is 8.00. The van der Waals surface area contributed by atoms with Gasteiger partial charge in [0.15, 0.2) is 5.16 Å². The van der Waals surface area contributed by atoms with Gasteiger partial charge in [-0.1, -0.05) is 42.1 Å². The molecule has 0 fully saturated rings. The standard InChI is InChI=1S/C25H32N4O2S/c1-17(2)28(18(3)4)15-16-29-24(31)21-13-9-10-14-22(21)27-25(29)32-19(5)23(30)26-20-11-7-6-8-12-20/h6-14,17-19H,15-16H2,1-5H3,(H,26,30)/t19-/m0/s1. The van der Waals surface area contributed by atoms with Gasteiger partial charge in [0.25, 0.3) is 5.56 Å². The monoisotopic (exact) mass is 452 g/mol. The van der Waals surface area contributed by atoms with Crippen LogP contribution in [0, 0.1) is 0 Å². The third-order valence-electron chi connectivity index (χ3n) is 5.43. The van der Waals surface area contributed by atoms with E-state index >= 15 is 0 Å². The SMILES string of the molecule is CC(C)N(CCn1c(S[C@@H](C)C(=O)Nc2ccccc2)nc2ccccc2c1=O)C(C)C. The van der Waals surface area contributed by atoms with Crippen molar-refractivity contribution in [1.82, 2.24) is 14.5 Å². The predicted molar refractivity (Wildman–Crippen MR) is 133 cm³/mol. The van der Waals surface area contributed by atoms with E-state index in [9.17, 15) is 9.59 Å². The van der Waals surface area contributed by atoms with E-state index in [4.69, 9.17) is 4.98 Å². The number of para-hydroxylation sites is 2. The number of hydrogen-bond donors (Lipinski definition) is 1. The number of aromatic nitrogens is 2. The Hall–Kier alpha value is -2.64. The first-order chi connectivity index (χ1) is 15.3. The number of carbonyl (C=O) groups excluding carboxylic acids is 1. The van der Waals surface area contributed by atoms with Crippen LogP contribution in [0.2, 0.25) is 0 Å². The molecule has 0 saturated heterocycles. The quantitative estimate of drug-likeness (QED) is 0.379. The Morgan fingerprint density at radius 2 is 1.62 bits per heavy atom. The molecule has 1 heterocycles. The summed E-state index contributed by atoms with van der Waals surface area (Å²) in [6.07, 6.45) is 0. The molecule has 0 aliphatic rings. The molecule has 1 amide bonds. The summed E-state index contributed by atoms with van der Waals surface area (Å²) in [4.78, 5) is 33.2. The molecule has 0 aliphatic heterocycles. The summed E-state index contributed by atoms with van der Waals surface area (Å²) in [6.45, 7) is 11.7. The molecule has 0 radical (unpaired) electrons. The number of carbonyl (C=O) groups is 1. The lowest BCUT2D eigenvalue weighted by molar-refractivity contribution is -0.115. The van der Waals surface area contributed by atoms with Crippen LogP contribution in [0.15, 0.2) is 64.5 Å². The maximum atomic E-state index is 13.3. The second kappa shape index (κ2) is 10.8. The Morgan fingerprint density at radius 3 is 2.28 bits per heavy atom. The highest BCUT2D eigenvalue weighted by Gasteiger charge is 2.21. The Bertz CT molecular complexity index is 1100. The van der Waals surface area contributed by atoms with Crippen molar-refractivity contribution in [2.75, 3.05) is 11.9 Å². The Labute approximate surface area is 194 Å². The molecule has 32 heavy (non-hydrogen) atoms. The molecule has 2 aromatic carbocycles. The average molecular weight is 453 g/mol. The van der Waals surface area contributed by atoms with Crippen molar-refractivity contribution < 1.29 is 4.79 Å². The minimum Gasteiger partial charge on any atom is -0.325 e. The second-order valence-corrected chi connectivity index (χ2v) is 9.72. The van der Waals surface area contributed by atoms with E-state index in [2.05, 4.69) is 37.9 Å². The maximum Gasteiger partial charge on any atom is 0.262 e. The fourth-order valence-corrected chi connectivity index (χ4v) is 4.67. The third-order valence-corrected chi connectivity index (χ3v) is 6.52. The van der Waals surface area contributed by atoms with Gasteiger partial charge in [0.05, 0.1) is 16.2 Å². The Kier molecular flexibility index (Phi) is 8.10. The molecule has 1 N–H and O–H groups in total. The van der Waals surface area contributed by atoms with Crippen LogP contribution < -0.4 is 10.9 Å². The summed E-state index contributed by atoms with van der Waals surface area (Å²) in [5.41, 5.74) is 1.33. The lowest BCUT2D eigenvalue weighted by Gasteiger charge is -2.31. The Balaban J connectivity index is 1.89. The molecule has 0 spiro atoms. The number of fused-ring (bicyclic) bond motifs is 1. The molecular formula is C25H32N4O2S. The van der Waals surface area contributed by atoms with Gasteiger partial charge < -0.3 is 5.32 Å². The van der Waals surface area contributed by atoms with E-state index in [1.807, 2.05) is 61.5 Å². The molecular weight excluding hydrogens is 420 g/mol. The van der Waals surface area contributed by atoms with Crippen molar-refractivity contribution in [3.8, 4) is 0 Å². The van der Waals surface area contributed by atoms with Crippen LogP contribution in [-0.4, -0.2) is 44.2 Å². The van der Waals surface area contributed by atoms with E-state index in [0.717, 1.165) is 12.2 Å². The molecule has 1 atom stereocenters. The molecule has 170 valence electrons. The largest absolute Gasteiger partial charge is 0.325 e. The van der Waals surface area contributed by atoms with Gasteiger partial charge >= 0.3 is 0 Å². The normalized spacial score (nSPS) is 12.6. The van der Waals surface area contributed by atoms with Crippen molar-refractivity contribution >= 4 is 34.3 Å². The number of nitrogens with one attached hydrogen (secondary N) is 1. The minimum atomic E-state index is -0.416.